The summed E-state index contributed by atoms with van der Waals surface area (Å²) in [6.45, 7) is 0.762. The molecule has 3 N–H and O–H groups in total. The summed E-state index contributed by atoms with van der Waals surface area (Å²) in [5.41, 5.74) is 6.24. The number of primary amides is 1. The Bertz CT molecular complexity index is 622. The number of carbonyl (C=O) groups excluding carboxylic acids is 1. The second kappa shape index (κ2) is 7.23. The first kappa shape index (κ1) is 16.7. The second-order valence-electron chi connectivity index (χ2n) is 6.95. The lowest BCUT2D eigenvalue weighted by atomic mass is 10.0. The fraction of sp³-hybridized carbons (Fsp3) is 0.706. The molecule has 0 spiro atoms. The smallest absolute Gasteiger partial charge is 0.243 e. The molecule has 0 bridgehead atoms. The van der Waals surface area contributed by atoms with E-state index in [1.54, 1.807) is 0 Å². The van der Waals surface area contributed by atoms with Gasteiger partial charge >= 0.3 is 0 Å². The number of carbonyl (C=O) groups is 1. The van der Waals surface area contributed by atoms with Crippen molar-refractivity contribution >= 4 is 11.9 Å². The molecule has 4 atom stereocenters. The van der Waals surface area contributed by atoms with Gasteiger partial charge in [0.2, 0.25) is 11.9 Å². The van der Waals surface area contributed by atoms with Crippen molar-refractivity contribution in [3.8, 4) is 0 Å². The Morgan fingerprint density at radius 2 is 2.08 bits per heavy atom. The molecule has 0 aromatic carbocycles. The summed E-state index contributed by atoms with van der Waals surface area (Å²) in [7, 11) is 0. The van der Waals surface area contributed by atoms with Crippen molar-refractivity contribution < 1.29 is 19.0 Å². The highest BCUT2D eigenvalue weighted by Gasteiger charge is 2.48. The van der Waals surface area contributed by atoms with Crippen LogP contribution in [0.3, 0.4) is 0 Å². The first-order valence-corrected chi connectivity index (χ1v) is 8.93. The molecular weight excluding hydrogens is 324 g/mol. The molecule has 1 aromatic heterocycles. The van der Waals surface area contributed by atoms with Gasteiger partial charge in [-0.2, -0.15) is 0 Å². The molecule has 0 radical (unpaired) electrons. The van der Waals surface area contributed by atoms with Gasteiger partial charge in [-0.3, -0.25) is 4.79 Å². The van der Waals surface area contributed by atoms with Crippen molar-refractivity contribution in [1.29, 1.82) is 0 Å². The van der Waals surface area contributed by atoms with Crippen molar-refractivity contribution in [2.75, 3.05) is 25.1 Å². The van der Waals surface area contributed by atoms with Crippen molar-refractivity contribution in [3.05, 3.63) is 18.0 Å². The number of fused-ring (bicyclic) bond motifs is 1. The lowest BCUT2D eigenvalue weighted by molar-refractivity contribution is -0.126. The average molecular weight is 348 g/mol. The predicted octanol–water partition coefficient (Wildman–Crippen LogP) is 0.583. The fourth-order valence-corrected chi connectivity index (χ4v) is 3.98. The maximum atomic E-state index is 10.9. The summed E-state index contributed by atoms with van der Waals surface area (Å²) in [4.78, 5) is 19.9. The monoisotopic (exact) mass is 348 g/mol. The van der Waals surface area contributed by atoms with Gasteiger partial charge in [-0.15, -0.1) is 0 Å². The molecule has 3 heterocycles. The van der Waals surface area contributed by atoms with Crippen LogP contribution in [0.1, 0.15) is 37.3 Å². The highest BCUT2D eigenvalue weighted by Crippen LogP contribution is 2.34. The number of hydrogen-bond acceptors (Lipinski definition) is 7. The minimum absolute atomic E-state index is 0.0361. The molecular formula is C17H24N4O4. The number of aromatic nitrogens is 2. The molecule has 2 saturated heterocycles. The van der Waals surface area contributed by atoms with Crippen LogP contribution in [0.4, 0.5) is 5.95 Å². The maximum Gasteiger partial charge on any atom is 0.243 e. The molecule has 1 saturated carbocycles. The molecule has 8 heteroatoms. The fourth-order valence-electron chi connectivity index (χ4n) is 3.98. The molecule has 4 rings (SSSR count). The van der Waals surface area contributed by atoms with E-state index < -0.39 is 5.91 Å². The SMILES string of the molecule is NC(=O)CO[C@@H]1CO[C@H]2[C@@H]1OC[C@@H]2Nc1nccc(C2CCCC2)n1. The highest BCUT2D eigenvalue weighted by atomic mass is 16.6. The molecule has 3 fully saturated rings. The van der Waals surface area contributed by atoms with Gasteiger partial charge in [-0.1, -0.05) is 12.8 Å². The Balaban J connectivity index is 1.37. The first-order valence-electron chi connectivity index (χ1n) is 8.93. The Labute approximate surface area is 146 Å². The lowest BCUT2D eigenvalue weighted by Gasteiger charge is -2.18. The van der Waals surface area contributed by atoms with Gasteiger partial charge in [0.1, 0.15) is 24.9 Å². The van der Waals surface area contributed by atoms with Gasteiger partial charge < -0.3 is 25.3 Å². The van der Waals surface area contributed by atoms with Gasteiger partial charge in [0.25, 0.3) is 0 Å². The molecule has 8 nitrogen and oxygen atoms in total. The number of amides is 1. The highest BCUT2D eigenvalue weighted by molar-refractivity contribution is 5.75. The van der Waals surface area contributed by atoms with Gasteiger partial charge in [0, 0.05) is 17.8 Å². The minimum atomic E-state index is -0.492. The molecule has 1 aliphatic carbocycles. The zero-order valence-electron chi connectivity index (χ0n) is 14.1. The summed E-state index contributed by atoms with van der Waals surface area (Å²) in [5, 5.41) is 3.34. The average Bonchev–Trinajstić information content (AvgIpc) is 3.33. The van der Waals surface area contributed by atoms with Crippen LogP contribution in [0.25, 0.3) is 0 Å². The van der Waals surface area contributed by atoms with E-state index in [9.17, 15) is 4.79 Å². The predicted molar refractivity (Wildman–Crippen MR) is 89.1 cm³/mol. The second-order valence-corrected chi connectivity index (χ2v) is 6.95. The largest absolute Gasteiger partial charge is 0.370 e. The van der Waals surface area contributed by atoms with Gasteiger partial charge in [0.05, 0.1) is 19.3 Å². The minimum Gasteiger partial charge on any atom is -0.370 e. The van der Waals surface area contributed by atoms with Crippen LogP contribution in [-0.2, 0) is 19.0 Å². The number of nitrogens with two attached hydrogens (primary N) is 1. The standard InChI is InChI=1S/C17H24N4O4/c18-14(22)9-23-13-8-25-15-12(7-24-16(13)15)21-17-19-6-5-11(20-17)10-3-1-2-4-10/h5-6,10,12-13,15-16H,1-4,7-9H2,(H2,18,22)(H,19,20,21)/t12-,13+,15+,16+/m0/s1. The van der Waals surface area contributed by atoms with E-state index >= 15 is 0 Å². The van der Waals surface area contributed by atoms with E-state index in [0.29, 0.717) is 25.1 Å². The van der Waals surface area contributed by atoms with Gasteiger partial charge in [0.15, 0.2) is 0 Å². The Morgan fingerprint density at radius 3 is 2.88 bits per heavy atom. The normalized spacial score (nSPS) is 32.0. The number of hydrogen-bond donors (Lipinski definition) is 2. The van der Waals surface area contributed by atoms with Crippen molar-refractivity contribution in [2.45, 2.75) is 56.0 Å². The molecule has 1 aromatic rings. The van der Waals surface area contributed by atoms with Crippen LogP contribution in [0.15, 0.2) is 12.3 Å². The van der Waals surface area contributed by atoms with E-state index in [0.717, 1.165) is 5.69 Å². The lowest BCUT2D eigenvalue weighted by Crippen LogP contribution is -2.37. The molecule has 0 unspecified atom stereocenters. The Kier molecular flexibility index (Phi) is 4.82. The number of anilines is 1. The van der Waals surface area contributed by atoms with E-state index in [1.165, 1.54) is 25.7 Å². The van der Waals surface area contributed by atoms with Crippen LogP contribution in [0, 0.1) is 0 Å². The van der Waals surface area contributed by atoms with Crippen LogP contribution in [-0.4, -0.2) is 60.0 Å². The Hall–Kier alpha value is -1.77. The molecule has 1 amide bonds. The molecule has 2 aliphatic heterocycles. The van der Waals surface area contributed by atoms with Crippen LogP contribution < -0.4 is 11.1 Å². The summed E-state index contributed by atoms with van der Waals surface area (Å²) in [5.74, 6) is 0.669. The quantitative estimate of drug-likeness (QED) is 0.774. The van der Waals surface area contributed by atoms with Crippen molar-refractivity contribution in [2.24, 2.45) is 5.73 Å². The third kappa shape index (κ3) is 3.61. The number of nitrogens with zero attached hydrogens (tertiary/aromatic N) is 2. The topological polar surface area (TPSA) is 109 Å². The summed E-state index contributed by atoms with van der Waals surface area (Å²) < 4.78 is 17.1. The van der Waals surface area contributed by atoms with Crippen LogP contribution in [0.2, 0.25) is 0 Å². The van der Waals surface area contributed by atoms with Crippen LogP contribution in [0.5, 0.6) is 0 Å². The zero-order valence-corrected chi connectivity index (χ0v) is 14.1. The number of nitrogens with one attached hydrogen (secondary N) is 1. The van der Waals surface area contributed by atoms with E-state index in [-0.39, 0.29) is 31.0 Å². The third-order valence-electron chi connectivity index (χ3n) is 5.21. The van der Waals surface area contributed by atoms with Crippen LogP contribution >= 0.6 is 0 Å². The molecule has 3 aliphatic rings. The zero-order chi connectivity index (χ0) is 17.2. The van der Waals surface area contributed by atoms with E-state index in [4.69, 9.17) is 19.9 Å². The van der Waals surface area contributed by atoms with Crippen molar-refractivity contribution in [1.82, 2.24) is 9.97 Å². The molecule has 25 heavy (non-hydrogen) atoms. The maximum absolute atomic E-state index is 10.9. The Morgan fingerprint density at radius 1 is 1.28 bits per heavy atom. The van der Waals surface area contributed by atoms with E-state index in [2.05, 4.69) is 15.3 Å². The summed E-state index contributed by atoms with van der Waals surface area (Å²) in [6, 6.07) is 1.97. The number of ether oxygens (including phenoxy) is 3. The van der Waals surface area contributed by atoms with Gasteiger partial charge in [-0.25, -0.2) is 9.97 Å². The van der Waals surface area contributed by atoms with Gasteiger partial charge in [-0.05, 0) is 18.9 Å². The molecule has 136 valence electrons. The summed E-state index contributed by atoms with van der Waals surface area (Å²) >= 11 is 0. The van der Waals surface area contributed by atoms with E-state index in [1.807, 2.05) is 12.3 Å². The summed E-state index contributed by atoms with van der Waals surface area (Å²) in [6.07, 6.45) is 6.16. The van der Waals surface area contributed by atoms with Crippen molar-refractivity contribution in [3.63, 3.8) is 0 Å². The number of rotatable bonds is 6. The third-order valence-corrected chi connectivity index (χ3v) is 5.21. The first-order chi connectivity index (χ1) is 12.2.